The highest BCUT2D eigenvalue weighted by Gasteiger charge is 2.28. The Morgan fingerprint density at radius 1 is 1.47 bits per heavy atom. The topological polar surface area (TPSA) is 29.3 Å². The number of likely N-dealkylation sites (tertiary alicyclic amines) is 1. The lowest BCUT2D eigenvalue weighted by atomic mass is 10.0. The van der Waals surface area contributed by atoms with Crippen LogP contribution in [0.15, 0.2) is 11.4 Å². The summed E-state index contributed by atoms with van der Waals surface area (Å²) in [6.07, 6.45) is 3.71. The van der Waals surface area contributed by atoms with E-state index < -0.39 is 0 Å². The molecule has 0 amide bonds. The van der Waals surface area contributed by atoms with Gasteiger partial charge in [0.2, 0.25) is 0 Å². The van der Waals surface area contributed by atoms with Crippen molar-refractivity contribution in [2.75, 3.05) is 13.6 Å². The summed E-state index contributed by atoms with van der Waals surface area (Å²) in [5.74, 6) is 0. The van der Waals surface area contributed by atoms with Gasteiger partial charge in [0, 0.05) is 10.9 Å². The van der Waals surface area contributed by atoms with Crippen molar-refractivity contribution in [2.45, 2.75) is 38.3 Å². The molecule has 2 nitrogen and oxygen atoms in total. The quantitative estimate of drug-likeness (QED) is 0.794. The molecule has 0 saturated carbocycles. The van der Waals surface area contributed by atoms with E-state index in [2.05, 4.69) is 30.3 Å². The molecule has 0 radical (unpaired) electrons. The van der Waals surface area contributed by atoms with Crippen LogP contribution in [-0.4, -0.2) is 24.5 Å². The third-order valence-corrected chi connectivity index (χ3v) is 4.44. The van der Waals surface area contributed by atoms with Gasteiger partial charge >= 0.3 is 0 Å². The summed E-state index contributed by atoms with van der Waals surface area (Å²) in [5.41, 5.74) is 7.69. The van der Waals surface area contributed by atoms with Gasteiger partial charge in [0.25, 0.3) is 0 Å². The van der Waals surface area contributed by atoms with E-state index in [1.807, 2.05) is 11.3 Å². The van der Waals surface area contributed by atoms with Gasteiger partial charge in [0.05, 0.1) is 6.04 Å². The number of nitrogens with zero attached hydrogens (tertiary/aromatic N) is 1. The number of aryl methyl sites for hydroxylation is 1. The number of thiophene rings is 1. The maximum Gasteiger partial charge on any atom is 0.0593 e. The Balaban J connectivity index is 2.27. The van der Waals surface area contributed by atoms with Gasteiger partial charge in [-0.3, -0.25) is 4.90 Å². The zero-order valence-corrected chi connectivity index (χ0v) is 10.4. The second-order valence-corrected chi connectivity index (χ2v) is 5.50. The maximum atomic E-state index is 6.29. The van der Waals surface area contributed by atoms with E-state index in [4.69, 9.17) is 5.73 Å². The summed E-state index contributed by atoms with van der Waals surface area (Å²) in [6.45, 7) is 3.37. The molecule has 2 atom stereocenters. The standard InChI is InChI=1S/C12H20N2S/c1-9-6-8-15-12(9)11-10(13)5-3-4-7-14(11)2/h6,8,10-11H,3-5,7,13H2,1-2H3. The average molecular weight is 224 g/mol. The van der Waals surface area contributed by atoms with E-state index in [-0.39, 0.29) is 0 Å². The molecule has 2 N–H and O–H groups in total. The molecule has 3 heteroatoms. The van der Waals surface area contributed by atoms with Gasteiger partial charge in [-0.1, -0.05) is 6.42 Å². The summed E-state index contributed by atoms with van der Waals surface area (Å²) in [4.78, 5) is 3.89. The van der Waals surface area contributed by atoms with E-state index >= 15 is 0 Å². The number of hydrogen-bond acceptors (Lipinski definition) is 3. The first-order chi connectivity index (χ1) is 7.20. The van der Waals surface area contributed by atoms with Crippen molar-refractivity contribution in [1.29, 1.82) is 0 Å². The van der Waals surface area contributed by atoms with Gasteiger partial charge < -0.3 is 5.73 Å². The molecule has 1 aliphatic heterocycles. The molecular weight excluding hydrogens is 204 g/mol. The third-order valence-electron chi connectivity index (χ3n) is 3.35. The Hall–Kier alpha value is -0.380. The van der Waals surface area contributed by atoms with Gasteiger partial charge in [-0.2, -0.15) is 0 Å². The van der Waals surface area contributed by atoms with Crippen LogP contribution >= 0.6 is 11.3 Å². The van der Waals surface area contributed by atoms with Gasteiger partial charge in [0.15, 0.2) is 0 Å². The van der Waals surface area contributed by atoms with Crippen molar-refractivity contribution in [1.82, 2.24) is 4.90 Å². The maximum absolute atomic E-state index is 6.29. The summed E-state index contributed by atoms with van der Waals surface area (Å²) in [6, 6.07) is 2.94. The second-order valence-electron chi connectivity index (χ2n) is 4.55. The van der Waals surface area contributed by atoms with Crippen LogP contribution in [-0.2, 0) is 0 Å². The fraction of sp³-hybridized carbons (Fsp3) is 0.667. The normalized spacial score (nSPS) is 29.0. The van der Waals surface area contributed by atoms with Crippen LogP contribution < -0.4 is 5.73 Å². The zero-order chi connectivity index (χ0) is 10.8. The summed E-state index contributed by atoms with van der Waals surface area (Å²) < 4.78 is 0. The molecule has 1 fully saturated rings. The van der Waals surface area contributed by atoms with Crippen LogP contribution in [0.5, 0.6) is 0 Å². The molecule has 0 aliphatic carbocycles. The lowest BCUT2D eigenvalue weighted by Crippen LogP contribution is -2.37. The molecular formula is C12H20N2S. The Kier molecular flexibility index (Phi) is 3.44. The van der Waals surface area contributed by atoms with Crippen LogP contribution in [0.1, 0.15) is 35.7 Å². The highest BCUT2D eigenvalue weighted by atomic mass is 32.1. The lowest BCUT2D eigenvalue weighted by Gasteiger charge is -2.30. The molecule has 1 aromatic rings. The molecule has 2 heterocycles. The number of likely N-dealkylation sites (N-methyl/N-ethyl adjacent to an activating group) is 1. The largest absolute Gasteiger partial charge is 0.326 e. The van der Waals surface area contributed by atoms with Gasteiger partial charge in [0.1, 0.15) is 0 Å². The minimum atomic E-state index is 0.301. The van der Waals surface area contributed by atoms with Crippen molar-refractivity contribution in [3.8, 4) is 0 Å². The van der Waals surface area contributed by atoms with Crippen LogP contribution in [0.25, 0.3) is 0 Å². The van der Waals surface area contributed by atoms with E-state index in [1.165, 1.54) is 29.8 Å². The SMILES string of the molecule is Cc1ccsc1C1C(N)CCCCN1C. The minimum Gasteiger partial charge on any atom is -0.326 e. The Labute approximate surface area is 96.1 Å². The smallest absolute Gasteiger partial charge is 0.0593 e. The molecule has 0 spiro atoms. The Bertz CT molecular complexity index is 309. The molecule has 1 saturated heterocycles. The predicted molar refractivity (Wildman–Crippen MR) is 66.3 cm³/mol. The van der Waals surface area contributed by atoms with E-state index in [1.54, 1.807) is 0 Å². The molecule has 15 heavy (non-hydrogen) atoms. The summed E-state index contributed by atoms with van der Waals surface area (Å²) in [5, 5.41) is 2.18. The predicted octanol–water partition coefficient (Wildman–Crippen LogP) is 2.54. The Morgan fingerprint density at radius 3 is 2.93 bits per heavy atom. The minimum absolute atomic E-state index is 0.301. The van der Waals surface area contributed by atoms with Crippen molar-refractivity contribution in [3.63, 3.8) is 0 Å². The number of nitrogens with two attached hydrogens (primary N) is 1. The van der Waals surface area contributed by atoms with Crippen LogP contribution in [0.4, 0.5) is 0 Å². The first-order valence-corrected chi connectivity index (χ1v) is 6.58. The lowest BCUT2D eigenvalue weighted by molar-refractivity contribution is 0.233. The van der Waals surface area contributed by atoms with E-state index in [0.717, 1.165) is 6.42 Å². The zero-order valence-electron chi connectivity index (χ0n) is 9.57. The fourth-order valence-corrected chi connectivity index (χ4v) is 3.61. The van der Waals surface area contributed by atoms with E-state index in [0.29, 0.717) is 12.1 Å². The molecule has 0 aromatic carbocycles. The molecule has 2 unspecified atom stereocenters. The monoisotopic (exact) mass is 224 g/mol. The summed E-state index contributed by atoms with van der Waals surface area (Å²) >= 11 is 1.85. The van der Waals surface area contributed by atoms with Gasteiger partial charge in [-0.15, -0.1) is 11.3 Å². The Morgan fingerprint density at radius 2 is 2.27 bits per heavy atom. The summed E-state index contributed by atoms with van der Waals surface area (Å²) in [7, 11) is 2.20. The van der Waals surface area contributed by atoms with Crippen LogP contribution in [0, 0.1) is 6.92 Å². The van der Waals surface area contributed by atoms with Crippen molar-refractivity contribution in [2.24, 2.45) is 5.73 Å². The van der Waals surface area contributed by atoms with Crippen LogP contribution in [0.2, 0.25) is 0 Å². The van der Waals surface area contributed by atoms with Crippen molar-refractivity contribution < 1.29 is 0 Å². The average Bonchev–Trinajstić information content (AvgIpc) is 2.53. The van der Waals surface area contributed by atoms with Crippen molar-refractivity contribution in [3.05, 3.63) is 21.9 Å². The highest BCUT2D eigenvalue weighted by Crippen LogP contribution is 2.33. The first-order valence-electron chi connectivity index (χ1n) is 5.70. The third kappa shape index (κ3) is 2.25. The molecule has 84 valence electrons. The fourth-order valence-electron chi connectivity index (χ4n) is 2.45. The molecule has 1 aromatic heterocycles. The number of hydrogen-bond donors (Lipinski definition) is 1. The highest BCUT2D eigenvalue weighted by molar-refractivity contribution is 7.10. The molecule has 2 rings (SSSR count). The van der Waals surface area contributed by atoms with E-state index in [9.17, 15) is 0 Å². The van der Waals surface area contributed by atoms with Crippen LogP contribution in [0.3, 0.4) is 0 Å². The second kappa shape index (κ2) is 4.64. The van der Waals surface area contributed by atoms with Crippen molar-refractivity contribution >= 4 is 11.3 Å². The number of rotatable bonds is 1. The van der Waals surface area contributed by atoms with Gasteiger partial charge in [-0.05, 0) is 50.4 Å². The molecule has 0 bridgehead atoms. The van der Waals surface area contributed by atoms with Gasteiger partial charge in [-0.25, -0.2) is 0 Å². The molecule has 1 aliphatic rings. The first kappa shape index (κ1) is 11.1.